The van der Waals surface area contributed by atoms with Crippen molar-refractivity contribution in [3.63, 3.8) is 0 Å². The Hall–Kier alpha value is -1.64. The summed E-state index contributed by atoms with van der Waals surface area (Å²) in [4.78, 5) is 11.0. The highest BCUT2D eigenvalue weighted by Gasteiger charge is 2.33. The zero-order chi connectivity index (χ0) is 13.8. The van der Waals surface area contributed by atoms with E-state index in [0.717, 1.165) is 4.68 Å². The molecule has 18 heavy (non-hydrogen) atoms. The molecule has 0 spiro atoms. The molecule has 9 heteroatoms. The number of carboxylic acids is 1. The smallest absolute Gasteiger partial charge is 0.331 e. The molecule has 0 saturated heterocycles. The van der Waals surface area contributed by atoms with Crippen molar-refractivity contribution in [3.8, 4) is 0 Å². The molecule has 0 aromatic carbocycles. The van der Waals surface area contributed by atoms with E-state index < -0.39 is 24.5 Å². The number of tetrazole rings is 1. The van der Waals surface area contributed by atoms with E-state index in [0.29, 0.717) is 0 Å². The maximum atomic E-state index is 11.8. The van der Waals surface area contributed by atoms with Crippen LogP contribution in [0.15, 0.2) is 0 Å². The number of ether oxygens (including phenoxy) is 1. The number of rotatable bonds is 7. The molecule has 0 unspecified atom stereocenters. The van der Waals surface area contributed by atoms with E-state index >= 15 is 0 Å². The number of hydrogen-bond acceptors (Lipinski definition) is 5. The van der Waals surface area contributed by atoms with Gasteiger partial charge in [0.15, 0.2) is 11.4 Å². The molecule has 0 fully saturated rings. The quantitative estimate of drug-likeness (QED) is 0.713. The molecule has 0 radical (unpaired) electrons. The van der Waals surface area contributed by atoms with Gasteiger partial charge in [0.2, 0.25) is 0 Å². The van der Waals surface area contributed by atoms with Crippen LogP contribution < -0.4 is 0 Å². The molecule has 102 valence electrons. The molecule has 0 saturated carbocycles. The third-order valence-corrected chi connectivity index (χ3v) is 2.30. The fourth-order valence-electron chi connectivity index (χ4n) is 1.22. The van der Waals surface area contributed by atoms with E-state index in [1.165, 1.54) is 13.8 Å². The maximum absolute atomic E-state index is 11.8. The summed E-state index contributed by atoms with van der Waals surface area (Å²) >= 11 is 0. The predicted molar refractivity (Wildman–Crippen MR) is 55.3 cm³/mol. The molecule has 1 rings (SSSR count). The van der Waals surface area contributed by atoms with Crippen molar-refractivity contribution in [2.24, 2.45) is 0 Å². The zero-order valence-corrected chi connectivity index (χ0v) is 10.0. The van der Waals surface area contributed by atoms with Crippen LogP contribution in [0.4, 0.5) is 8.78 Å². The Balaban J connectivity index is 2.63. The zero-order valence-electron chi connectivity index (χ0n) is 10.0. The molecule has 1 N–H and O–H groups in total. The molecule has 0 aliphatic heterocycles. The van der Waals surface area contributed by atoms with Gasteiger partial charge in [-0.3, -0.25) is 0 Å². The summed E-state index contributed by atoms with van der Waals surface area (Å²) in [5.74, 6) is -0.818. The lowest BCUT2D eigenvalue weighted by molar-refractivity contribution is -0.146. The van der Waals surface area contributed by atoms with Crippen molar-refractivity contribution in [3.05, 3.63) is 5.82 Å². The van der Waals surface area contributed by atoms with Crippen LogP contribution in [0.1, 0.15) is 19.7 Å². The molecule has 0 aliphatic carbocycles. The number of hydrogen-bond donors (Lipinski definition) is 1. The Labute approximate surface area is 102 Å². The number of aliphatic carboxylic acids is 1. The van der Waals surface area contributed by atoms with Crippen molar-refractivity contribution in [2.75, 3.05) is 13.2 Å². The van der Waals surface area contributed by atoms with Gasteiger partial charge in [0.1, 0.15) is 6.61 Å². The van der Waals surface area contributed by atoms with E-state index in [9.17, 15) is 13.6 Å². The first-order chi connectivity index (χ1) is 8.35. The minimum atomic E-state index is -2.53. The largest absolute Gasteiger partial charge is 0.479 e. The molecular weight excluding hydrogens is 250 g/mol. The van der Waals surface area contributed by atoms with Gasteiger partial charge in [-0.05, 0) is 24.3 Å². The number of carbonyl (C=O) groups is 1. The Kier molecular flexibility index (Phi) is 4.65. The topological polar surface area (TPSA) is 90.1 Å². The van der Waals surface area contributed by atoms with E-state index in [4.69, 9.17) is 9.84 Å². The van der Waals surface area contributed by atoms with E-state index in [1.807, 2.05) is 0 Å². The molecule has 0 aliphatic rings. The lowest BCUT2D eigenvalue weighted by atomic mass is 10.1. The Bertz CT molecular complexity index is 408. The predicted octanol–water partition coefficient (Wildman–Crippen LogP) is 0.317. The standard InChI is InChI=1S/C9H14F2N4O3/c1-9(2,8(16)17)15-7(12-13-14-15)3-4-18-5-6(10)11/h6H,3-5H2,1-2H3,(H,16,17). The van der Waals surface area contributed by atoms with Crippen molar-refractivity contribution in [1.29, 1.82) is 0 Å². The Morgan fingerprint density at radius 2 is 2.22 bits per heavy atom. The number of alkyl halides is 2. The SMILES string of the molecule is CC(C)(C(=O)O)n1nnnc1CCOCC(F)F. The van der Waals surface area contributed by atoms with E-state index in [-0.39, 0.29) is 18.9 Å². The van der Waals surface area contributed by atoms with Gasteiger partial charge >= 0.3 is 5.97 Å². The first-order valence-electron chi connectivity index (χ1n) is 5.22. The van der Waals surface area contributed by atoms with Crippen LogP contribution in [-0.2, 0) is 21.5 Å². The average Bonchev–Trinajstić information content (AvgIpc) is 2.72. The highest BCUT2D eigenvalue weighted by molar-refractivity contribution is 5.75. The summed E-state index contributed by atoms with van der Waals surface area (Å²) in [6.07, 6.45) is -2.37. The van der Waals surface area contributed by atoms with Crippen LogP contribution in [0.5, 0.6) is 0 Å². The van der Waals surface area contributed by atoms with Crippen molar-refractivity contribution in [2.45, 2.75) is 32.2 Å². The van der Waals surface area contributed by atoms with Crippen LogP contribution in [-0.4, -0.2) is 50.9 Å². The van der Waals surface area contributed by atoms with Gasteiger partial charge in [0, 0.05) is 6.42 Å². The first-order valence-corrected chi connectivity index (χ1v) is 5.22. The number of carboxylic acid groups (broad SMARTS) is 1. The maximum Gasteiger partial charge on any atom is 0.331 e. The van der Waals surface area contributed by atoms with Gasteiger partial charge < -0.3 is 9.84 Å². The number of aromatic nitrogens is 4. The normalized spacial score (nSPS) is 12.1. The fraction of sp³-hybridized carbons (Fsp3) is 0.778. The van der Waals surface area contributed by atoms with Crippen LogP contribution in [0.2, 0.25) is 0 Å². The summed E-state index contributed by atoms with van der Waals surface area (Å²) in [7, 11) is 0. The highest BCUT2D eigenvalue weighted by atomic mass is 19.3. The highest BCUT2D eigenvalue weighted by Crippen LogP contribution is 2.15. The monoisotopic (exact) mass is 264 g/mol. The van der Waals surface area contributed by atoms with Crippen molar-refractivity contribution in [1.82, 2.24) is 20.2 Å². The van der Waals surface area contributed by atoms with Crippen molar-refractivity contribution < 1.29 is 23.4 Å². The molecule has 0 amide bonds. The van der Waals surface area contributed by atoms with Gasteiger partial charge in [-0.25, -0.2) is 18.3 Å². The van der Waals surface area contributed by atoms with E-state index in [2.05, 4.69) is 15.5 Å². The van der Waals surface area contributed by atoms with Gasteiger partial charge in [-0.2, -0.15) is 0 Å². The van der Waals surface area contributed by atoms with E-state index in [1.54, 1.807) is 0 Å². The first kappa shape index (κ1) is 14.4. The second-order valence-electron chi connectivity index (χ2n) is 4.09. The average molecular weight is 264 g/mol. The summed E-state index contributed by atoms with van der Waals surface area (Å²) in [5, 5.41) is 19.7. The summed E-state index contributed by atoms with van der Waals surface area (Å²) in [6.45, 7) is 2.22. The van der Waals surface area contributed by atoms with Crippen LogP contribution in [0.25, 0.3) is 0 Å². The van der Waals surface area contributed by atoms with Crippen LogP contribution >= 0.6 is 0 Å². The fourth-order valence-corrected chi connectivity index (χ4v) is 1.22. The van der Waals surface area contributed by atoms with Gasteiger partial charge in [0.25, 0.3) is 6.43 Å². The summed E-state index contributed by atoms with van der Waals surface area (Å²) in [6, 6.07) is 0. The molecular formula is C9H14F2N4O3. The molecule has 0 bridgehead atoms. The lowest BCUT2D eigenvalue weighted by Crippen LogP contribution is -2.38. The van der Waals surface area contributed by atoms with Crippen LogP contribution in [0.3, 0.4) is 0 Å². The Morgan fingerprint density at radius 3 is 2.78 bits per heavy atom. The molecule has 1 aromatic rings. The van der Waals surface area contributed by atoms with Gasteiger partial charge in [-0.1, -0.05) is 0 Å². The Morgan fingerprint density at radius 1 is 1.56 bits per heavy atom. The van der Waals surface area contributed by atoms with Crippen molar-refractivity contribution >= 4 is 5.97 Å². The third kappa shape index (κ3) is 3.42. The number of halogens is 2. The second-order valence-corrected chi connectivity index (χ2v) is 4.09. The minimum absolute atomic E-state index is 0.000409. The summed E-state index contributed by atoms with van der Waals surface area (Å²) in [5.41, 5.74) is -1.30. The molecule has 0 atom stereocenters. The van der Waals surface area contributed by atoms with Crippen LogP contribution in [0, 0.1) is 0 Å². The molecule has 1 aromatic heterocycles. The molecule has 7 nitrogen and oxygen atoms in total. The van der Waals surface area contributed by atoms with Gasteiger partial charge in [0.05, 0.1) is 6.61 Å². The lowest BCUT2D eigenvalue weighted by Gasteiger charge is -2.20. The molecule has 1 heterocycles. The minimum Gasteiger partial charge on any atom is -0.479 e. The third-order valence-electron chi connectivity index (χ3n) is 2.30. The summed E-state index contributed by atoms with van der Waals surface area (Å²) < 4.78 is 29.5. The number of nitrogens with zero attached hydrogens (tertiary/aromatic N) is 4. The second kappa shape index (κ2) is 5.80. The van der Waals surface area contributed by atoms with Gasteiger partial charge in [-0.15, -0.1) is 5.10 Å².